The van der Waals surface area contributed by atoms with E-state index in [-0.39, 0.29) is 31.9 Å². The number of pyridine rings is 1. The monoisotopic (exact) mass is 581 g/mol. The first-order chi connectivity index (χ1) is 18.2. The molecule has 2 aromatic heterocycles. The van der Waals surface area contributed by atoms with Crippen LogP contribution in [0.3, 0.4) is 0 Å². The predicted molar refractivity (Wildman–Crippen MR) is 156 cm³/mol. The number of Topliss-reactive ketones (excluding diaryl/α,β-unsaturated/α-hetero) is 1. The normalized spacial score (nSPS) is 15.3. The highest BCUT2D eigenvalue weighted by atomic mass is 35.5. The largest absolute Gasteiger partial charge is 0.331 e. The number of fused-ring (bicyclic) bond motifs is 2. The van der Waals surface area contributed by atoms with Gasteiger partial charge in [0.1, 0.15) is 5.69 Å². The Morgan fingerprint density at radius 2 is 1.87 bits per heavy atom. The van der Waals surface area contributed by atoms with Crippen molar-refractivity contribution in [2.24, 2.45) is 0 Å². The van der Waals surface area contributed by atoms with E-state index in [0.29, 0.717) is 50.5 Å². The van der Waals surface area contributed by atoms with E-state index in [1.165, 1.54) is 0 Å². The van der Waals surface area contributed by atoms with Gasteiger partial charge >= 0.3 is 0 Å². The molecular weight excluding hydrogens is 557 g/mol. The maximum absolute atomic E-state index is 13.8. The minimum absolute atomic E-state index is 0. The number of para-hydroxylation sites is 1. The average Bonchev–Trinajstić information content (AvgIpc) is 3.71. The molecule has 0 aliphatic heterocycles. The molecule has 1 saturated carbocycles. The molecule has 1 N–H and O–H groups in total. The molecule has 0 atom stereocenters. The summed E-state index contributed by atoms with van der Waals surface area (Å²) in [6.07, 6.45) is 7.93. The Hall–Kier alpha value is -3.46. The van der Waals surface area contributed by atoms with E-state index < -0.39 is 21.2 Å². The van der Waals surface area contributed by atoms with E-state index in [1.807, 2.05) is 24.3 Å². The number of halogens is 2. The van der Waals surface area contributed by atoms with E-state index >= 15 is 0 Å². The van der Waals surface area contributed by atoms with Gasteiger partial charge in [0.25, 0.3) is 5.91 Å². The maximum Gasteiger partial charge on any atom is 0.282 e. The fourth-order valence-electron chi connectivity index (χ4n) is 4.83. The molecule has 2 aliphatic carbocycles. The van der Waals surface area contributed by atoms with Crippen molar-refractivity contribution in [3.8, 4) is 0 Å². The Bertz CT molecular complexity index is 1840. The van der Waals surface area contributed by atoms with Crippen LogP contribution in [-0.4, -0.2) is 34.9 Å². The molecule has 4 aromatic rings. The number of allylic oxidation sites excluding steroid dienone is 4. The van der Waals surface area contributed by atoms with Gasteiger partial charge in [-0.15, -0.1) is 0 Å². The van der Waals surface area contributed by atoms with Crippen molar-refractivity contribution in [2.45, 2.75) is 38.5 Å². The standard InChI is InChI=1S/C28H21Cl2N3O4S.CH4/c29-17-9-12-23-21(13-17)25(20-6-2-4-8-24(20)34)27(28(35)32-38(36,37)18-10-11-18)33(23)15-16-14-31-22-7-3-1-5-19(22)26(16)30;/h1-7,9,12-14,18H,8,10-11,15H2,(H,32,35);1H4. The first-order valence-corrected chi connectivity index (χ1v) is 14.3. The predicted octanol–water partition coefficient (Wildman–Crippen LogP) is 6.32. The van der Waals surface area contributed by atoms with Crippen molar-refractivity contribution in [1.29, 1.82) is 0 Å². The zero-order chi connectivity index (χ0) is 26.6. The van der Waals surface area contributed by atoms with E-state index in [2.05, 4.69) is 9.71 Å². The molecule has 200 valence electrons. The Morgan fingerprint density at radius 1 is 1.10 bits per heavy atom. The van der Waals surface area contributed by atoms with Crippen LogP contribution in [0, 0.1) is 0 Å². The number of hydrogen-bond acceptors (Lipinski definition) is 5. The molecule has 0 unspecified atom stereocenters. The van der Waals surface area contributed by atoms with Gasteiger partial charge in [-0.3, -0.25) is 14.6 Å². The molecule has 39 heavy (non-hydrogen) atoms. The number of benzene rings is 2. The molecular formula is C29H25Cl2N3O4S. The molecule has 0 saturated heterocycles. The van der Waals surface area contributed by atoms with Gasteiger partial charge in [-0.2, -0.15) is 0 Å². The minimum Gasteiger partial charge on any atom is -0.331 e. The molecule has 6 rings (SSSR count). The van der Waals surface area contributed by atoms with Crippen molar-refractivity contribution in [3.05, 3.63) is 93.8 Å². The Kier molecular flexibility index (Phi) is 7.13. The van der Waals surface area contributed by atoms with Crippen LogP contribution in [0.25, 0.3) is 27.4 Å². The third-order valence-electron chi connectivity index (χ3n) is 6.82. The van der Waals surface area contributed by atoms with Gasteiger partial charge in [0, 0.05) is 50.6 Å². The molecule has 2 heterocycles. The van der Waals surface area contributed by atoms with Crippen molar-refractivity contribution >= 4 is 72.3 Å². The van der Waals surface area contributed by atoms with Crippen LogP contribution >= 0.6 is 23.2 Å². The summed E-state index contributed by atoms with van der Waals surface area (Å²) < 4.78 is 29.5. The molecule has 0 spiro atoms. The fraction of sp³-hybridized carbons (Fsp3) is 0.207. The van der Waals surface area contributed by atoms with Crippen molar-refractivity contribution < 1.29 is 18.0 Å². The second kappa shape index (κ2) is 10.3. The van der Waals surface area contributed by atoms with Crippen LogP contribution in [0.1, 0.15) is 48.3 Å². The lowest BCUT2D eigenvalue weighted by Gasteiger charge is -2.15. The lowest BCUT2D eigenvalue weighted by atomic mass is 9.93. The number of sulfonamides is 1. The average molecular weight is 583 g/mol. The molecule has 1 amide bonds. The van der Waals surface area contributed by atoms with Crippen LogP contribution in [0.2, 0.25) is 10.0 Å². The van der Waals surface area contributed by atoms with Gasteiger partial charge in [-0.05, 0) is 37.1 Å². The summed E-state index contributed by atoms with van der Waals surface area (Å²) in [5, 5.41) is 1.61. The summed E-state index contributed by atoms with van der Waals surface area (Å²) in [5.41, 5.74) is 2.66. The number of hydrogen-bond donors (Lipinski definition) is 1. The summed E-state index contributed by atoms with van der Waals surface area (Å²) in [6, 6.07) is 12.6. The Balaban J connectivity index is 0.00000308. The molecule has 10 heteroatoms. The SMILES string of the molecule is C.O=C1CC=CC=C1c1c(C(=O)NS(=O)(=O)C2CC2)n(Cc2cnc3ccccc3c2Cl)c2ccc(Cl)cc12. The number of carbonyl (C=O) groups excluding carboxylic acids is 2. The number of nitrogens with zero attached hydrogens (tertiary/aromatic N) is 2. The summed E-state index contributed by atoms with van der Waals surface area (Å²) in [6.45, 7) is 0.109. The topological polar surface area (TPSA) is 98.1 Å². The van der Waals surface area contributed by atoms with Crippen LogP contribution in [0.4, 0.5) is 0 Å². The number of rotatable bonds is 6. The summed E-state index contributed by atoms with van der Waals surface area (Å²) in [5.74, 6) is -0.997. The van der Waals surface area contributed by atoms with E-state index in [4.69, 9.17) is 23.2 Å². The quantitative estimate of drug-likeness (QED) is 0.287. The lowest BCUT2D eigenvalue weighted by Crippen LogP contribution is -2.35. The molecule has 2 aliphatic rings. The second-order valence-corrected chi connectivity index (χ2v) is 12.2. The first kappa shape index (κ1) is 27.1. The Labute approximate surface area is 236 Å². The van der Waals surface area contributed by atoms with Crippen LogP contribution in [0.5, 0.6) is 0 Å². The summed E-state index contributed by atoms with van der Waals surface area (Å²) in [4.78, 5) is 31.3. The van der Waals surface area contributed by atoms with Crippen LogP contribution in [0.15, 0.2) is 66.9 Å². The van der Waals surface area contributed by atoms with Gasteiger partial charge in [-0.1, -0.05) is 67.1 Å². The molecule has 2 aromatic carbocycles. The number of amides is 1. The highest BCUT2D eigenvalue weighted by Crippen LogP contribution is 2.38. The Morgan fingerprint density at radius 3 is 2.62 bits per heavy atom. The molecule has 7 nitrogen and oxygen atoms in total. The van der Waals surface area contributed by atoms with E-state index in [1.54, 1.807) is 47.2 Å². The van der Waals surface area contributed by atoms with Gasteiger partial charge in [0.05, 0.1) is 22.3 Å². The highest BCUT2D eigenvalue weighted by molar-refractivity contribution is 7.91. The number of aromatic nitrogens is 2. The number of nitrogens with one attached hydrogen (secondary N) is 1. The van der Waals surface area contributed by atoms with Gasteiger partial charge in [0.15, 0.2) is 5.78 Å². The molecule has 0 radical (unpaired) electrons. The van der Waals surface area contributed by atoms with Gasteiger partial charge in [-0.25, -0.2) is 13.1 Å². The van der Waals surface area contributed by atoms with Crippen molar-refractivity contribution in [2.75, 3.05) is 0 Å². The number of ketones is 1. The van der Waals surface area contributed by atoms with Gasteiger partial charge < -0.3 is 4.57 Å². The van der Waals surface area contributed by atoms with E-state index in [0.717, 1.165) is 10.9 Å². The van der Waals surface area contributed by atoms with Crippen LogP contribution < -0.4 is 4.72 Å². The first-order valence-electron chi connectivity index (χ1n) is 12.0. The van der Waals surface area contributed by atoms with Gasteiger partial charge in [0.2, 0.25) is 10.0 Å². The zero-order valence-electron chi connectivity index (χ0n) is 19.9. The third kappa shape index (κ3) is 4.88. The van der Waals surface area contributed by atoms with Crippen molar-refractivity contribution in [1.82, 2.24) is 14.3 Å². The second-order valence-electron chi connectivity index (χ2n) is 9.40. The zero-order valence-corrected chi connectivity index (χ0v) is 22.3. The minimum atomic E-state index is -3.86. The fourth-order valence-corrected chi connectivity index (χ4v) is 6.55. The van der Waals surface area contributed by atoms with E-state index in [9.17, 15) is 18.0 Å². The molecule has 1 fully saturated rings. The van der Waals surface area contributed by atoms with Crippen molar-refractivity contribution in [3.63, 3.8) is 0 Å². The highest BCUT2D eigenvalue weighted by Gasteiger charge is 2.38. The number of carbonyl (C=O) groups is 2. The smallest absolute Gasteiger partial charge is 0.282 e. The summed E-state index contributed by atoms with van der Waals surface area (Å²) in [7, 11) is -3.86. The summed E-state index contributed by atoms with van der Waals surface area (Å²) >= 11 is 13.1. The van der Waals surface area contributed by atoms with Crippen LogP contribution in [-0.2, 0) is 21.4 Å². The lowest BCUT2D eigenvalue weighted by molar-refractivity contribution is -0.113. The maximum atomic E-state index is 13.8. The third-order valence-corrected chi connectivity index (χ3v) is 9.32. The molecule has 0 bridgehead atoms.